The molecule has 0 aliphatic heterocycles. The molecule has 0 aromatic heterocycles. The lowest BCUT2D eigenvalue weighted by atomic mass is 9.51. The zero-order valence-electron chi connectivity index (χ0n) is 16.3. The number of Topliss-reactive ketones (excluding diaryl/α,β-unsaturated/α-hetero) is 1. The molecule has 4 heteroatoms. The number of ketones is 1. The summed E-state index contributed by atoms with van der Waals surface area (Å²) >= 11 is 0. The van der Waals surface area contributed by atoms with Crippen LogP contribution in [-0.2, 0) is 9.22 Å². The van der Waals surface area contributed by atoms with E-state index in [-0.39, 0.29) is 28.4 Å². The van der Waals surface area contributed by atoms with Gasteiger partial charge in [-0.2, -0.15) is 0 Å². The van der Waals surface area contributed by atoms with Gasteiger partial charge in [-0.05, 0) is 49.7 Å². The standard InChI is InChI=1S/C19H36O3Si/c1-13-14(20)9-11-18(5)15(10-12-19(6,21)16(13)18)22-23(7,8)17(2,3)4/h13,15-16,21H,9-12H2,1-8H3/t13-,15+,16+,18-,19-/m1/s1. The molecule has 2 rings (SSSR count). The van der Waals surface area contributed by atoms with Gasteiger partial charge in [-0.25, -0.2) is 0 Å². The van der Waals surface area contributed by atoms with Crippen LogP contribution in [0.25, 0.3) is 0 Å². The molecule has 0 aromatic rings. The van der Waals surface area contributed by atoms with E-state index in [9.17, 15) is 9.90 Å². The topological polar surface area (TPSA) is 46.5 Å². The molecule has 3 nitrogen and oxygen atoms in total. The summed E-state index contributed by atoms with van der Waals surface area (Å²) in [5.74, 6) is 0.232. The fourth-order valence-corrected chi connectivity index (χ4v) is 6.23. The van der Waals surface area contributed by atoms with Crippen molar-refractivity contribution < 1.29 is 14.3 Å². The van der Waals surface area contributed by atoms with Crippen molar-refractivity contribution in [2.75, 3.05) is 0 Å². The number of aliphatic hydroxyl groups is 1. The lowest BCUT2D eigenvalue weighted by Crippen LogP contribution is -2.63. The lowest BCUT2D eigenvalue weighted by Gasteiger charge is -2.59. The van der Waals surface area contributed by atoms with Crippen LogP contribution in [0.2, 0.25) is 18.1 Å². The van der Waals surface area contributed by atoms with Crippen molar-refractivity contribution in [1.29, 1.82) is 0 Å². The van der Waals surface area contributed by atoms with E-state index in [1.165, 1.54) is 0 Å². The van der Waals surface area contributed by atoms with Gasteiger partial charge in [0, 0.05) is 18.3 Å². The summed E-state index contributed by atoms with van der Waals surface area (Å²) in [6.45, 7) is 17.6. The van der Waals surface area contributed by atoms with Crippen LogP contribution in [0, 0.1) is 17.3 Å². The van der Waals surface area contributed by atoms with E-state index >= 15 is 0 Å². The maximum absolute atomic E-state index is 12.3. The Morgan fingerprint density at radius 3 is 2.30 bits per heavy atom. The maximum Gasteiger partial charge on any atom is 0.192 e. The molecule has 0 radical (unpaired) electrons. The van der Waals surface area contributed by atoms with Gasteiger partial charge in [-0.3, -0.25) is 4.79 Å². The SMILES string of the molecule is C[C@@H]1C(=O)CC[C@]2(C)[C@@H](O[Si](C)(C)C(C)(C)C)CC[C@@](C)(O)[C@@H]12. The highest BCUT2D eigenvalue weighted by molar-refractivity contribution is 6.74. The quantitative estimate of drug-likeness (QED) is 0.751. The van der Waals surface area contributed by atoms with E-state index in [4.69, 9.17) is 4.43 Å². The third kappa shape index (κ3) is 3.19. The van der Waals surface area contributed by atoms with E-state index in [1.807, 2.05) is 13.8 Å². The first kappa shape index (κ1) is 19.1. The number of carbonyl (C=O) groups is 1. The van der Waals surface area contributed by atoms with Gasteiger partial charge < -0.3 is 9.53 Å². The van der Waals surface area contributed by atoms with Gasteiger partial charge >= 0.3 is 0 Å². The second-order valence-electron chi connectivity index (χ2n) is 10.0. The van der Waals surface area contributed by atoms with Crippen molar-refractivity contribution in [2.45, 2.75) is 97.1 Å². The van der Waals surface area contributed by atoms with Crippen molar-refractivity contribution in [3.05, 3.63) is 0 Å². The van der Waals surface area contributed by atoms with Crippen molar-refractivity contribution in [3.8, 4) is 0 Å². The molecule has 1 N–H and O–H groups in total. The highest BCUT2D eigenvalue weighted by atomic mass is 28.4. The van der Waals surface area contributed by atoms with Crippen molar-refractivity contribution in [2.24, 2.45) is 17.3 Å². The van der Waals surface area contributed by atoms with Crippen LogP contribution in [0.15, 0.2) is 0 Å². The summed E-state index contributed by atoms with van der Waals surface area (Å²) in [6.07, 6.45) is 3.25. The highest BCUT2D eigenvalue weighted by Gasteiger charge is 2.59. The van der Waals surface area contributed by atoms with Crippen LogP contribution in [0.4, 0.5) is 0 Å². The minimum atomic E-state index is -1.87. The van der Waals surface area contributed by atoms with Gasteiger partial charge in [-0.1, -0.05) is 34.6 Å². The predicted octanol–water partition coefficient (Wildman–Crippen LogP) is 4.54. The molecular weight excluding hydrogens is 304 g/mol. The molecule has 23 heavy (non-hydrogen) atoms. The molecule has 0 spiro atoms. The summed E-state index contributed by atoms with van der Waals surface area (Å²) < 4.78 is 6.81. The maximum atomic E-state index is 12.3. The number of fused-ring (bicyclic) bond motifs is 1. The fourth-order valence-electron chi connectivity index (χ4n) is 4.78. The first-order valence-electron chi connectivity index (χ1n) is 9.15. The van der Waals surface area contributed by atoms with Gasteiger partial charge in [0.1, 0.15) is 5.78 Å². The minimum Gasteiger partial charge on any atom is -0.413 e. The summed E-state index contributed by atoms with van der Waals surface area (Å²) in [5, 5.41) is 11.2. The second kappa shape index (κ2) is 5.67. The summed E-state index contributed by atoms with van der Waals surface area (Å²) in [6, 6.07) is 0. The van der Waals surface area contributed by atoms with Crippen LogP contribution in [0.5, 0.6) is 0 Å². The molecule has 2 aliphatic carbocycles. The molecule has 2 fully saturated rings. The molecule has 134 valence electrons. The smallest absolute Gasteiger partial charge is 0.192 e. The van der Waals surface area contributed by atoms with E-state index < -0.39 is 13.9 Å². The minimum absolute atomic E-state index is 0.000214. The average molecular weight is 341 g/mol. The van der Waals surface area contributed by atoms with Crippen LogP contribution >= 0.6 is 0 Å². The number of hydrogen-bond acceptors (Lipinski definition) is 3. The number of carbonyl (C=O) groups excluding carboxylic acids is 1. The Kier molecular flexibility index (Phi) is 4.72. The Morgan fingerprint density at radius 2 is 1.78 bits per heavy atom. The fraction of sp³-hybridized carbons (Fsp3) is 0.947. The molecule has 2 aliphatic rings. The average Bonchev–Trinajstić information content (AvgIpc) is 2.36. The van der Waals surface area contributed by atoms with Crippen LogP contribution in [-0.4, -0.2) is 30.9 Å². The van der Waals surface area contributed by atoms with Crippen LogP contribution in [0.1, 0.15) is 67.2 Å². The molecular formula is C19H36O3Si. The summed E-state index contributed by atoms with van der Waals surface area (Å²) in [5.41, 5.74) is -0.873. The van der Waals surface area contributed by atoms with Crippen LogP contribution < -0.4 is 0 Å². The van der Waals surface area contributed by atoms with Crippen molar-refractivity contribution >= 4 is 14.1 Å². The largest absolute Gasteiger partial charge is 0.413 e. The Morgan fingerprint density at radius 1 is 1.22 bits per heavy atom. The lowest BCUT2D eigenvalue weighted by molar-refractivity contribution is -0.184. The molecule has 5 atom stereocenters. The van der Waals surface area contributed by atoms with E-state index in [0.29, 0.717) is 12.2 Å². The molecule has 0 heterocycles. The monoisotopic (exact) mass is 340 g/mol. The number of hydrogen-bond donors (Lipinski definition) is 1. The molecule has 2 saturated carbocycles. The second-order valence-corrected chi connectivity index (χ2v) is 14.8. The van der Waals surface area contributed by atoms with Gasteiger partial charge in [-0.15, -0.1) is 0 Å². The van der Waals surface area contributed by atoms with Gasteiger partial charge in [0.05, 0.1) is 11.7 Å². The molecule has 0 bridgehead atoms. The zero-order valence-corrected chi connectivity index (χ0v) is 17.3. The normalized spacial score (nSPS) is 42.5. The summed E-state index contributed by atoms with van der Waals surface area (Å²) in [4.78, 5) is 12.3. The van der Waals surface area contributed by atoms with Crippen molar-refractivity contribution in [3.63, 3.8) is 0 Å². The first-order chi connectivity index (χ1) is 10.2. The zero-order chi connectivity index (χ0) is 17.8. The Bertz CT molecular complexity index is 477. The third-order valence-electron chi connectivity index (χ3n) is 7.19. The van der Waals surface area contributed by atoms with Gasteiger partial charge in [0.25, 0.3) is 0 Å². The Balaban J connectivity index is 2.35. The van der Waals surface area contributed by atoms with Gasteiger partial charge in [0.2, 0.25) is 0 Å². The van der Waals surface area contributed by atoms with E-state index in [0.717, 1.165) is 19.3 Å². The predicted molar refractivity (Wildman–Crippen MR) is 96.9 cm³/mol. The van der Waals surface area contributed by atoms with Crippen LogP contribution in [0.3, 0.4) is 0 Å². The molecule has 0 unspecified atom stereocenters. The molecule has 0 saturated heterocycles. The molecule has 0 aromatic carbocycles. The number of rotatable bonds is 2. The van der Waals surface area contributed by atoms with Crippen molar-refractivity contribution in [1.82, 2.24) is 0 Å². The third-order valence-corrected chi connectivity index (χ3v) is 11.7. The highest BCUT2D eigenvalue weighted by Crippen LogP contribution is 2.57. The van der Waals surface area contributed by atoms with E-state index in [2.05, 4.69) is 40.8 Å². The summed E-state index contributed by atoms with van der Waals surface area (Å²) in [7, 11) is -1.87. The first-order valence-corrected chi connectivity index (χ1v) is 12.1. The molecule has 0 amide bonds. The van der Waals surface area contributed by atoms with E-state index in [1.54, 1.807) is 0 Å². The van der Waals surface area contributed by atoms with Gasteiger partial charge in [0.15, 0.2) is 8.32 Å². The Labute approximate surface area is 143 Å². The Hall–Kier alpha value is -0.193.